The van der Waals surface area contributed by atoms with Gasteiger partial charge in [-0.05, 0) is 75.1 Å². The van der Waals surface area contributed by atoms with E-state index in [1.807, 2.05) is 24.4 Å². The van der Waals surface area contributed by atoms with Crippen LogP contribution in [0.2, 0.25) is 13.1 Å². The van der Waals surface area contributed by atoms with E-state index >= 15 is 0 Å². The van der Waals surface area contributed by atoms with Gasteiger partial charge in [-0.1, -0.05) is 136 Å². The fourth-order valence-corrected chi connectivity index (χ4v) is 12.5. The molecular formula is C55H45N4OPtSi-3. The smallest absolute Gasteiger partial charge is 0.135 e. The molecule has 7 aromatic carbocycles. The molecule has 2 aliphatic heterocycles. The number of hydrogen-bond donors (Lipinski definition) is 0. The maximum Gasteiger partial charge on any atom is 0.135 e. The summed E-state index contributed by atoms with van der Waals surface area (Å²) in [6.45, 7) is 16.1. The molecule has 0 N–H and O–H groups in total. The van der Waals surface area contributed by atoms with Crippen molar-refractivity contribution >= 4 is 63.0 Å². The van der Waals surface area contributed by atoms with Crippen LogP contribution in [0.25, 0.3) is 49.9 Å². The van der Waals surface area contributed by atoms with Gasteiger partial charge in [-0.3, -0.25) is 0 Å². The second kappa shape index (κ2) is 15.0. The van der Waals surface area contributed by atoms with Crippen molar-refractivity contribution in [1.29, 1.82) is 0 Å². The molecule has 0 atom stereocenters. The summed E-state index contributed by atoms with van der Waals surface area (Å²) in [6.07, 6.45) is 1.90. The molecule has 7 heteroatoms. The molecule has 11 rings (SSSR count). The first-order valence-corrected chi connectivity index (χ1v) is 24.0. The van der Waals surface area contributed by atoms with Crippen molar-refractivity contribution in [2.45, 2.75) is 46.2 Å². The van der Waals surface area contributed by atoms with E-state index in [2.05, 4.69) is 207 Å². The van der Waals surface area contributed by atoms with Crippen LogP contribution in [-0.2, 0) is 26.5 Å². The van der Waals surface area contributed by atoms with Crippen molar-refractivity contribution in [3.05, 3.63) is 188 Å². The molecule has 0 unspecified atom stereocenters. The molecule has 2 aliphatic rings. The van der Waals surface area contributed by atoms with E-state index in [0.29, 0.717) is 11.5 Å². The fraction of sp³-hybridized carbons (Fsp3) is 0.127. The molecule has 0 radical (unpaired) electrons. The van der Waals surface area contributed by atoms with Gasteiger partial charge >= 0.3 is 0 Å². The van der Waals surface area contributed by atoms with Crippen LogP contribution in [0.5, 0.6) is 11.5 Å². The van der Waals surface area contributed by atoms with Crippen LogP contribution in [0.4, 0.5) is 22.7 Å². The fourth-order valence-electron chi connectivity index (χ4n) is 9.49. The number of nitrogens with zero attached hydrogens (tertiary/aromatic N) is 4. The summed E-state index contributed by atoms with van der Waals surface area (Å²) < 4.78 is 8.87. The minimum Gasteiger partial charge on any atom is -0.509 e. The molecule has 2 aromatic heterocycles. The number of anilines is 4. The normalized spacial score (nSPS) is 13.8. The molecule has 0 spiro atoms. The van der Waals surface area contributed by atoms with Gasteiger partial charge in [0.05, 0.1) is 0 Å². The van der Waals surface area contributed by atoms with Crippen molar-refractivity contribution in [3.8, 4) is 39.6 Å². The SMILES string of the molecule is Cc1cccc(-c2ccc3c(c2N2[CH-]N(c4[c-]c(Oc5[c-]c6c(cc5)c5ccccc5n6-c5cc(C(C)(C)C)ccn5)ccc4)c4ccccc42)-c2ccccc2[Si]3(C)C)c1.[Pt]. The summed E-state index contributed by atoms with van der Waals surface area (Å²) in [7, 11) is -1.96. The molecule has 62 heavy (non-hydrogen) atoms. The third-order valence-electron chi connectivity index (χ3n) is 12.6. The average Bonchev–Trinajstić information content (AvgIpc) is 3.89. The van der Waals surface area contributed by atoms with Gasteiger partial charge in [0, 0.05) is 72.5 Å². The molecule has 0 amide bonds. The summed E-state index contributed by atoms with van der Waals surface area (Å²) >= 11 is 0. The van der Waals surface area contributed by atoms with Gasteiger partial charge in [-0.15, -0.1) is 48.1 Å². The summed E-state index contributed by atoms with van der Waals surface area (Å²) in [5.41, 5.74) is 13.8. The van der Waals surface area contributed by atoms with Gasteiger partial charge in [0.2, 0.25) is 0 Å². The Kier molecular flexibility index (Phi) is 9.66. The summed E-state index contributed by atoms with van der Waals surface area (Å²) in [5.74, 6) is 2.07. The molecule has 0 saturated heterocycles. The average molecular weight is 1000 g/mol. The molecule has 0 saturated carbocycles. The van der Waals surface area contributed by atoms with Crippen molar-refractivity contribution in [2.24, 2.45) is 0 Å². The molecule has 9 aromatic rings. The molecule has 0 fully saturated rings. The summed E-state index contributed by atoms with van der Waals surface area (Å²) in [6, 6.07) is 61.6. The van der Waals surface area contributed by atoms with Crippen LogP contribution in [0.15, 0.2) is 158 Å². The van der Waals surface area contributed by atoms with E-state index in [9.17, 15) is 0 Å². The predicted octanol–water partition coefficient (Wildman–Crippen LogP) is 13.1. The first kappa shape index (κ1) is 39.9. The number of pyridine rings is 1. The van der Waals surface area contributed by atoms with E-state index in [4.69, 9.17) is 9.72 Å². The Hall–Kier alpha value is -6.20. The van der Waals surface area contributed by atoms with E-state index in [0.717, 1.165) is 44.7 Å². The van der Waals surface area contributed by atoms with Crippen LogP contribution in [0.3, 0.4) is 0 Å². The van der Waals surface area contributed by atoms with Gasteiger partial charge in [-0.2, -0.15) is 12.1 Å². The Labute approximate surface area is 379 Å². The standard InChI is InChI=1S/C55H45N4OSi.Pt/c1-36-15-13-16-37(31-36)42-27-28-51-53(45-20-8-12-24-50(45)61(51,5)6)54(42)58-35-57(47-22-10-11-23-48(47)58)39-17-14-18-40(33-39)60-41-25-26-44-43-19-7-9-21-46(43)59(49(44)34-41)52-32-38(29-30-56-52)55(2,3)4;/h7-32,35H,1-6H3;/q-3;. The maximum absolute atomic E-state index is 6.67. The molecule has 0 aliphatic carbocycles. The number of aryl methyl sites for hydroxylation is 1. The van der Waals surface area contributed by atoms with Crippen molar-refractivity contribution in [2.75, 3.05) is 9.80 Å². The van der Waals surface area contributed by atoms with Crippen molar-refractivity contribution < 1.29 is 25.8 Å². The Morgan fingerprint density at radius 3 is 2.21 bits per heavy atom. The maximum atomic E-state index is 6.67. The van der Waals surface area contributed by atoms with Crippen LogP contribution in [0.1, 0.15) is 31.9 Å². The topological polar surface area (TPSA) is 33.5 Å². The number of hydrogen-bond acceptors (Lipinski definition) is 4. The minimum atomic E-state index is -1.96. The predicted molar refractivity (Wildman–Crippen MR) is 255 cm³/mol. The monoisotopic (exact) mass is 1000 g/mol. The third kappa shape index (κ3) is 6.42. The first-order valence-electron chi connectivity index (χ1n) is 21.0. The van der Waals surface area contributed by atoms with E-state index in [1.54, 1.807) is 0 Å². The number of para-hydroxylation sites is 3. The van der Waals surface area contributed by atoms with E-state index < -0.39 is 8.07 Å². The van der Waals surface area contributed by atoms with Crippen LogP contribution in [-0.4, -0.2) is 17.6 Å². The molecule has 308 valence electrons. The number of aromatic nitrogens is 2. The number of fused-ring (bicyclic) bond motifs is 7. The van der Waals surface area contributed by atoms with Crippen LogP contribution in [0, 0.1) is 25.7 Å². The minimum absolute atomic E-state index is 0. The number of ether oxygens (including phenoxy) is 1. The Morgan fingerprint density at radius 1 is 0.645 bits per heavy atom. The van der Waals surface area contributed by atoms with Crippen molar-refractivity contribution in [1.82, 2.24) is 9.55 Å². The Morgan fingerprint density at radius 2 is 1.39 bits per heavy atom. The largest absolute Gasteiger partial charge is 0.509 e. The second-order valence-corrected chi connectivity index (χ2v) is 22.2. The van der Waals surface area contributed by atoms with Gasteiger partial charge < -0.3 is 19.1 Å². The summed E-state index contributed by atoms with van der Waals surface area (Å²) in [5, 5.41) is 5.20. The second-order valence-electron chi connectivity index (χ2n) is 17.9. The van der Waals surface area contributed by atoms with Gasteiger partial charge in [-0.25, -0.2) is 4.98 Å². The van der Waals surface area contributed by atoms with Crippen LogP contribution >= 0.6 is 0 Å². The zero-order chi connectivity index (χ0) is 41.6. The zero-order valence-electron chi connectivity index (χ0n) is 35.6. The Bertz CT molecular complexity index is 3220. The zero-order valence-corrected chi connectivity index (χ0v) is 38.9. The van der Waals surface area contributed by atoms with Gasteiger partial charge in [0.1, 0.15) is 13.9 Å². The van der Waals surface area contributed by atoms with Crippen LogP contribution < -0.4 is 24.9 Å². The quantitative estimate of drug-likeness (QED) is 0.123. The van der Waals surface area contributed by atoms with E-state index in [-0.39, 0.29) is 26.5 Å². The summed E-state index contributed by atoms with van der Waals surface area (Å²) in [4.78, 5) is 9.51. The van der Waals surface area contributed by atoms with Crippen molar-refractivity contribution in [3.63, 3.8) is 0 Å². The van der Waals surface area contributed by atoms with E-state index in [1.165, 1.54) is 49.4 Å². The number of benzene rings is 7. The van der Waals surface area contributed by atoms with Gasteiger partial charge in [0.25, 0.3) is 0 Å². The Balaban J connectivity index is 0.00000458. The van der Waals surface area contributed by atoms with Gasteiger partial charge in [0.15, 0.2) is 0 Å². The third-order valence-corrected chi connectivity index (χ3v) is 16.1. The molecular weight excluding hydrogens is 956 g/mol. The number of rotatable bonds is 6. The first-order chi connectivity index (χ1) is 29.5. The molecule has 5 nitrogen and oxygen atoms in total. The molecule has 0 bridgehead atoms. The molecule has 4 heterocycles.